The SMILES string of the molecule is Cc1nc(-n2nc(C(F)F)cc2-c2cc(F)c(S(C)(=O)=O)cc2F)cs1. The van der Waals surface area contributed by atoms with Crippen LogP contribution in [0.4, 0.5) is 17.6 Å². The van der Waals surface area contributed by atoms with Gasteiger partial charge < -0.3 is 0 Å². The standard InChI is InChI=1S/C15H11F4N3O2S2/c1-7-20-14(6-25-7)22-12(5-11(21-22)15(18)19)8-3-10(17)13(4-9(8)16)26(2,23)24/h3-6,15H,1-2H3. The Balaban J connectivity index is 2.25. The lowest BCUT2D eigenvalue weighted by atomic mass is 10.1. The van der Waals surface area contributed by atoms with E-state index in [1.165, 1.54) is 16.7 Å². The van der Waals surface area contributed by atoms with E-state index < -0.39 is 44.1 Å². The van der Waals surface area contributed by atoms with Gasteiger partial charge in [0.25, 0.3) is 6.43 Å². The molecule has 1 aromatic carbocycles. The van der Waals surface area contributed by atoms with E-state index in [2.05, 4.69) is 10.1 Å². The lowest BCUT2D eigenvalue weighted by Gasteiger charge is -2.08. The third kappa shape index (κ3) is 3.36. The molecule has 0 saturated carbocycles. The molecule has 0 spiro atoms. The van der Waals surface area contributed by atoms with E-state index >= 15 is 0 Å². The molecule has 0 aliphatic heterocycles. The summed E-state index contributed by atoms with van der Waals surface area (Å²) in [5, 5.41) is 5.87. The number of hydrogen-bond acceptors (Lipinski definition) is 5. The lowest BCUT2D eigenvalue weighted by molar-refractivity contribution is 0.145. The van der Waals surface area contributed by atoms with Crippen LogP contribution in [0.2, 0.25) is 0 Å². The Morgan fingerprint density at radius 1 is 1.15 bits per heavy atom. The van der Waals surface area contributed by atoms with Crippen LogP contribution in [-0.4, -0.2) is 29.4 Å². The van der Waals surface area contributed by atoms with E-state index in [0.29, 0.717) is 17.1 Å². The second-order valence-corrected chi connectivity index (χ2v) is 8.47. The minimum Gasteiger partial charge on any atom is -0.224 e. The van der Waals surface area contributed by atoms with Crippen LogP contribution in [0, 0.1) is 18.6 Å². The molecule has 0 radical (unpaired) electrons. The first-order chi connectivity index (χ1) is 12.1. The van der Waals surface area contributed by atoms with Gasteiger partial charge in [0.2, 0.25) is 0 Å². The van der Waals surface area contributed by atoms with Crippen molar-refractivity contribution in [3.63, 3.8) is 0 Å². The molecule has 0 atom stereocenters. The number of benzene rings is 1. The summed E-state index contributed by atoms with van der Waals surface area (Å²) >= 11 is 1.23. The number of sulfone groups is 1. The molecule has 0 bridgehead atoms. The van der Waals surface area contributed by atoms with E-state index in [1.54, 1.807) is 6.92 Å². The summed E-state index contributed by atoms with van der Waals surface area (Å²) in [5.74, 6) is -2.10. The zero-order valence-corrected chi connectivity index (χ0v) is 15.0. The van der Waals surface area contributed by atoms with E-state index in [1.807, 2.05) is 0 Å². The zero-order valence-electron chi connectivity index (χ0n) is 13.4. The number of thiazole rings is 1. The van der Waals surface area contributed by atoms with Gasteiger partial charge in [-0.25, -0.2) is 35.6 Å². The van der Waals surface area contributed by atoms with Crippen molar-refractivity contribution in [1.82, 2.24) is 14.8 Å². The fraction of sp³-hybridized carbons (Fsp3) is 0.200. The van der Waals surface area contributed by atoms with Gasteiger partial charge in [0.15, 0.2) is 15.7 Å². The molecule has 5 nitrogen and oxygen atoms in total. The summed E-state index contributed by atoms with van der Waals surface area (Å²) in [4.78, 5) is 3.29. The maximum atomic E-state index is 14.5. The molecule has 138 valence electrons. The molecular formula is C15H11F4N3O2S2. The fourth-order valence-electron chi connectivity index (χ4n) is 2.33. The van der Waals surface area contributed by atoms with Crippen molar-refractivity contribution >= 4 is 21.2 Å². The largest absolute Gasteiger partial charge is 0.282 e. The predicted molar refractivity (Wildman–Crippen MR) is 87.4 cm³/mol. The molecule has 3 rings (SSSR count). The van der Waals surface area contributed by atoms with Crippen molar-refractivity contribution in [2.24, 2.45) is 0 Å². The predicted octanol–water partition coefficient (Wildman–Crippen LogP) is 3.92. The molecule has 3 aromatic rings. The number of hydrogen-bond donors (Lipinski definition) is 0. The first-order valence-corrected chi connectivity index (χ1v) is 9.85. The van der Waals surface area contributed by atoms with Crippen molar-refractivity contribution in [2.45, 2.75) is 18.2 Å². The van der Waals surface area contributed by atoms with Crippen LogP contribution < -0.4 is 0 Å². The Labute approximate surface area is 149 Å². The normalized spacial score (nSPS) is 12.1. The van der Waals surface area contributed by atoms with Gasteiger partial charge in [0, 0.05) is 17.2 Å². The van der Waals surface area contributed by atoms with Crippen molar-refractivity contribution < 1.29 is 26.0 Å². The summed E-state index contributed by atoms with van der Waals surface area (Å²) in [5.41, 5.74) is -1.21. The summed E-state index contributed by atoms with van der Waals surface area (Å²) in [6.45, 7) is 1.69. The second kappa shape index (κ2) is 6.47. The molecule has 0 aliphatic carbocycles. The zero-order chi connectivity index (χ0) is 19.2. The third-order valence-electron chi connectivity index (χ3n) is 3.47. The highest BCUT2D eigenvalue weighted by atomic mass is 32.2. The van der Waals surface area contributed by atoms with Gasteiger partial charge in [0.1, 0.15) is 22.2 Å². The Hall–Kier alpha value is -2.27. The van der Waals surface area contributed by atoms with Crippen molar-refractivity contribution in [1.29, 1.82) is 0 Å². The molecule has 2 aromatic heterocycles. The highest BCUT2D eigenvalue weighted by molar-refractivity contribution is 7.90. The molecule has 0 aliphatic rings. The molecule has 26 heavy (non-hydrogen) atoms. The van der Waals surface area contributed by atoms with Crippen molar-refractivity contribution in [3.05, 3.63) is 45.9 Å². The molecule has 2 heterocycles. The van der Waals surface area contributed by atoms with Crippen LogP contribution in [0.5, 0.6) is 0 Å². The minimum atomic E-state index is -3.99. The minimum absolute atomic E-state index is 0.165. The van der Waals surface area contributed by atoms with Crippen LogP contribution >= 0.6 is 11.3 Å². The van der Waals surface area contributed by atoms with Crippen LogP contribution in [-0.2, 0) is 9.84 Å². The summed E-state index contributed by atoms with van der Waals surface area (Å²) in [6.07, 6.45) is -2.19. The summed E-state index contributed by atoms with van der Waals surface area (Å²) < 4.78 is 78.8. The molecule has 0 saturated heterocycles. The Kier molecular flexibility index (Phi) is 4.61. The number of halogens is 4. The average molecular weight is 405 g/mol. The van der Waals surface area contributed by atoms with Crippen LogP contribution in [0.15, 0.2) is 28.5 Å². The highest BCUT2D eigenvalue weighted by Gasteiger charge is 2.24. The maximum absolute atomic E-state index is 14.5. The number of nitrogens with zero attached hydrogens (tertiary/aromatic N) is 3. The molecule has 0 fully saturated rings. The number of rotatable bonds is 4. The van der Waals surface area contributed by atoms with Gasteiger partial charge in [-0.15, -0.1) is 11.3 Å². The van der Waals surface area contributed by atoms with Gasteiger partial charge >= 0.3 is 0 Å². The maximum Gasteiger partial charge on any atom is 0.282 e. The lowest BCUT2D eigenvalue weighted by Crippen LogP contribution is -2.05. The van der Waals surface area contributed by atoms with Gasteiger partial charge in [0.05, 0.1) is 10.7 Å². The first-order valence-electron chi connectivity index (χ1n) is 7.08. The molecule has 0 N–H and O–H groups in total. The number of aryl methyl sites for hydroxylation is 1. The van der Waals surface area contributed by atoms with E-state index in [9.17, 15) is 26.0 Å². The summed E-state index contributed by atoms with van der Waals surface area (Å²) in [7, 11) is -3.99. The van der Waals surface area contributed by atoms with E-state index in [0.717, 1.165) is 17.0 Å². The molecule has 0 amide bonds. The van der Waals surface area contributed by atoms with E-state index in [-0.39, 0.29) is 11.5 Å². The average Bonchev–Trinajstić information content (AvgIpc) is 3.14. The monoisotopic (exact) mass is 405 g/mol. The van der Waals surface area contributed by atoms with Crippen LogP contribution in [0.25, 0.3) is 17.1 Å². The fourth-order valence-corrected chi connectivity index (χ4v) is 3.64. The van der Waals surface area contributed by atoms with Gasteiger partial charge in [-0.3, -0.25) is 0 Å². The Bertz CT molecular complexity index is 1090. The van der Waals surface area contributed by atoms with Crippen LogP contribution in [0.3, 0.4) is 0 Å². The Morgan fingerprint density at radius 2 is 1.85 bits per heavy atom. The second-order valence-electron chi connectivity index (χ2n) is 5.43. The first kappa shape index (κ1) is 18.5. The molecular weight excluding hydrogens is 394 g/mol. The van der Waals surface area contributed by atoms with Crippen molar-refractivity contribution in [2.75, 3.05) is 6.26 Å². The van der Waals surface area contributed by atoms with Gasteiger partial charge in [-0.2, -0.15) is 5.10 Å². The van der Waals surface area contributed by atoms with Gasteiger partial charge in [-0.05, 0) is 25.1 Å². The third-order valence-corrected chi connectivity index (χ3v) is 5.35. The highest BCUT2D eigenvalue weighted by Crippen LogP contribution is 2.32. The molecule has 11 heteroatoms. The van der Waals surface area contributed by atoms with Crippen LogP contribution in [0.1, 0.15) is 17.1 Å². The number of aromatic nitrogens is 3. The Morgan fingerprint density at radius 3 is 2.38 bits per heavy atom. The summed E-state index contributed by atoms with van der Waals surface area (Å²) in [6, 6.07) is 2.08. The topological polar surface area (TPSA) is 64.8 Å². The smallest absolute Gasteiger partial charge is 0.224 e. The molecule has 0 unspecified atom stereocenters. The quantitative estimate of drug-likeness (QED) is 0.617. The number of alkyl halides is 2. The van der Waals surface area contributed by atoms with Gasteiger partial charge in [-0.1, -0.05) is 0 Å². The van der Waals surface area contributed by atoms with E-state index in [4.69, 9.17) is 0 Å². The van der Waals surface area contributed by atoms with Crippen molar-refractivity contribution in [3.8, 4) is 17.1 Å².